The summed E-state index contributed by atoms with van der Waals surface area (Å²) in [5.41, 5.74) is -0.475. The Morgan fingerprint density at radius 2 is 2.17 bits per heavy atom. The fourth-order valence-electron chi connectivity index (χ4n) is 2.73. The molecule has 1 amide bonds. The van der Waals surface area contributed by atoms with Crippen LogP contribution in [0.15, 0.2) is 4.52 Å². The molecule has 136 valence electrons. The summed E-state index contributed by atoms with van der Waals surface area (Å²) < 4.78 is 10.8. The molecule has 1 aromatic rings. The topological polar surface area (TPSA) is 71.7 Å². The van der Waals surface area contributed by atoms with Crippen LogP contribution in [-0.4, -0.2) is 57.8 Å². The first-order valence-corrected chi connectivity index (χ1v) is 8.66. The maximum atomic E-state index is 12.2. The van der Waals surface area contributed by atoms with Gasteiger partial charge in [0.1, 0.15) is 5.60 Å². The smallest absolute Gasteiger partial charge is 0.410 e. The van der Waals surface area contributed by atoms with E-state index in [-0.39, 0.29) is 18.1 Å². The summed E-state index contributed by atoms with van der Waals surface area (Å²) in [6.45, 7) is 12.1. The number of likely N-dealkylation sites (N-methyl/N-ethyl adjacent to an activating group) is 1. The van der Waals surface area contributed by atoms with E-state index in [2.05, 4.69) is 15.0 Å². The average molecular weight is 338 g/mol. The van der Waals surface area contributed by atoms with E-state index >= 15 is 0 Å². The van der Waals surface area contributed by atoms with Crippen molar-refractivity contribution in [2.75, 3.05) is 20.1 Å². The predicted octanol–water partition coefficient (Wildman–Crippen LogP) is 3.02. The molecule has 0 saturated carbocycles. The molecule has 7 heteroatoms. The van der Waals surface area contributed by atoms with Gasteiger partial charge < -0.3 is 14.2 Å². The van der Waals surface area contributed by atoms with Gasteiger partial charge in [0.2, 0.25) is 5.89 Å². The van der Waals surface area contributed by atoms with Crippen molar-refractivity contribution in [3.05, 3.63) is 11.7 Å². The molecular weight excluding hydrogens is 308 g/mol. The average Bonchev–Trinajstić information content (AvgIpc) is 2.93. The summed E-state index contributed by atoms with van der Waals surface area (Å²) >= 11 is 0. The zero-order chi connectivity index (χ0) is 17.9. The maximum Gasteiger partial charge on any atom is 0.410 e. The lowest BCUT2D eigenvalue weighted by molar-refractivity contribution is 0.0124. The number of hydrogen-bond acceptors (Lipinski definition) is 6. The van der Waals surface area contributed by atoms with Crippen LogP contribution in [0.5, 0.6) is 0 Å². The van der Waals surface area contributed by atoms with Crippen LogP contribution in [-0.2, 0) is 11.3 Å². The van der Waals surface area contributed by atoms with Crippen molar-refractivity contribution in [1.29, 1.82) is 0 Å². The molecule has 0 bridgehead atoms. The number of carbonyl (C=O) groups is 1. The number of likely N-dealkylation sites (tertiary alicyclic amines) is 1. The fourth-order valence-corrected chi connectivity index (χ4v) is 2.73. The molecule has 0 aliphatic carbocycles. The van der Waals surface area contributed by atoms with Gasteiger partial charge in [-0.2, -0.15) is 4.98 Å². The third-order valence-electron chi connectivity index (χ3n) is 4.07. The van der Waals surface area contributed by atoms with Crippen LogP contribution >= 0.6 is 0 Å². The summed E-state index contributed by atoms with van der Waals surface area (Å²) in [5.74, 6) is 1.64. The highest BCUT2D eigenvalue weighted by Crippen LogP contribution is 2.19. The lowest BCUT2D eigenvalue weighted by Gasteiger charge is -2.37. The Kier molecular flexibility index (Phi) is 5.85. The molecule has 1 fully saturated rings. The second-order valence-corrected chi connectivity index (χ2v) is 7.82. The Bertz CT molecular complexity index is 550. The Labute approximate surface area is 144 Å². The van der Waals surface area contributed by atoms with Gasteiger partial charge in [0.15, 0.2) is 5.82 Å². The number of aromatic nitrogens is 2. The van der Waals surface area contributed by atoms with Crippen molar-refractivity contribution >= 4 is 6.09 Å². The highest BCUT2D eigenvalue weighted by Gasteiger charge is 2.29. The van der Waals surface area contributed by atoms with Gasteiger partial charge in [0.25, 0.3) is 0 Å². The second kappa shape index (κ2) is 7.51. The minimum absolute atomic E-state index is 0.140. The van der Waals surface area contributed by atoms with Gasteiger partial charge in [-0.05, 0) is 40.2 Å². The molecule has 2 heterocycles. The van der Waals surface area contributed by atoms with E-state index in [0.29, 0.717) is 12.4 Å². The fraction of sp³-hybridized carbons (Fsp3) is 0.824. The molecule has 0 radical (unpaired) electrons. The molecule has 1 aromatic heterocycles. The molecule has 2 rings (SSSR count). The van der Waals surface area contributed by atoms with Crippen molar-refractivity contribution in [2.45, 2.75) is 71.6 Å². The van der Waals surface area contributed by atoms with Crippen molar-refractivity contribution < 1.29 is 14.1 Å². The van der Waals surface area contributed by atoms with E-state index in [0.717, 1.165) is 31.8 Å². The Hall–Kier alpha value is -1.63. The van der Waals surface area contributed by atoms with E-state index < -0.39 is 5.60 Å². The van der Waals surface area contributed by atoms with E-state index in [1.165, 1.54) is 0 Å². The highest BCUT2D eigenvalue weighted by molar-refractivity contribution is 5.68. The van der Waals surface area contributed by atoms with Gasteiger partial charge in [-0.3, -0.25) is 4.90 Å². The molecule has 0 unspecified atom stereocenters. The van der Waals surface area contributed by atoms with Crippen LogP contribution in [0.4, 0.5) is 4.79 Å². The first kappa shape index (κ1) is 18.7. The van der Waals surface area contributed by atoms with Crippen LogP contribution < -0.4 is 0 Å². The lowest BCUT2D eigenvalue weighted by Crippen LogP contribution is -2.49. The standard InChI is InChI=1S/C17H30N4O3/c1-12(2)15-18-14(24-19-15)11-21-9-7-8-13(10-21)20(6)16(22)23-17(3,4)5/h12-13H,7-11H2,1-6H3/t13-/m1/s1. The maximum absolute atomic E-state index is 12.2. The van der Waals surface area contributed by atoms with Gasteiger partial charge in [0, 0.05) is 25.6 Å². The minimum Gasteiger partial charge on any atom is -0.444 e. The summed E-state index contributed by atoms with van der Waals surface area (Å²) in [6, 6.07) is 0.140. The third-order valence-corrected chi connectivity index (χ3v) is 4.07. The van der Waals surface area contributed by atoms with Gasteiger partial charge >= 0.3 is 6.09 Å². The minimum atomic E-state index is -0.475. The Balaban J connectivity index is 1.92. The Morgan fingerprint density at radius 3 is 2.75 bits per heavy atom. The van der Waals surface area contributed by atoms with Crippen LogP contribution in [0, 0.1) is 0 Å². The summed E-state index contributed by atoms with van der Waals surface area (Å²) in [4.78, 5) is 20.6. The van der Waals surface area contributed by atoms with Gasteiger partial charge in [-0.15, -0.1) is 0 Å². The van der Waals surface area contributed by atoms with Crippen molar-refractivity contribution in [2.24, 2.45) is 0 Å². The molecule has 24 heavy (non-hydrogen) atoms. The normalized spacial score (nSPS) is 19.5. The van der Waals surface area contributed by atoms with E-state index in [9.17, 15) is 4.79 Å². The molecule has 1 aliphatic rings. The zero-order valence-corrected chi connectivity index (χ0v) is 15.7. The largest absolute Gasteiger partial charge is 0.444 e. The highest BCUT2D eigenvalue weighted by atomic mass is 16.6. The molecule has 0 aromatic carbocycles. The van der Waals surface area contributed by atoms with Crippen molar-refractivity contribution in [3.63, 3.8) is 0 Å². The lowest BCUT2D eigenvalue weighted by atomic mass is 10.0. The van der Waals surface area contributed by atoms with Crippen molar-refractivity contribution in [3.8, 4) is 0 Å². The van der Waals surface area contributed by atoms with Crippen molar-refractivity contribution in [1.82, 2.24) is 19.9 Å². The molecule has 1 atom stereocenters. The number of piperidine rings is 1. The number of ether oxygens (including phenoxy) is 1. The first-order chi connectivity index (χ1) is 11.2. The van der Waals surface area contributed by atoms with Gasteiger partial charge in [0.05, 0.1) is 6.54 Å². The number of carbonyl (C=O) groups excluding carboxylic acids is 1. The van der Waals surface area contributed by atoms with E-state index in [1.807, 2.05) is 41.7 Å². The summed E-state index contributed by atoms with van der Waals surface area (Å²) in [7, 11) is 1.81. The van der Waals surface area contributed by atoms with Gasteiger partial charge in [-0.1, -0.05) is 19.0 Å². The van der Waals surface area contributed by atoms with Gasteiger partial charge in [-0.25, -0.2) is 4.79 Å². The summed E-state index contributed by atoms with van der Waals surface area (Å²) in [6.07, 6.45) is 1.74. The first-order valence-electron chi connectivity index (χ1n) is 8.66. The summed E-state index contributed by atoms with van der Waals surface area (Å²) in [5, 5.41) is 4.01. The monoisotopic (exact) mass is 338 g/mol. The molecular formula is C17H30N4O3. The third kappa shape index (κ3) is 5.19. The molecule has 1 aliphatic heterocycles. The predicted molar refractivity (Wildman–Crippen MR) is 90.7 cm³/mol. The quantitative estimate of drug-likeness (QED) is 0.840. The van der Waals surface area contributed by atoms with Crippen LogP contribution in [0.2, 0.25) is 0 Å². The molecule has 7 nitrogen and oxygen atoms in total. The Morgan fingerprint density at radius 1 is 1.46 bits per heavy atom. The molecule has 0 N–H and O–H groups in total. The molecule has 0 spiro atoms. The van der Waals surface area contributed by atoms with E-state index in [4.69, 9.17) is 9.26 Å². The SMILES string of the molecule is CC(C)c1noc(CN2CCC[C@@H](N(C)C(=O)OC(C)(C)C)C2)n1. The number of nitrogens with zero attached hydrogens (tertiary/aromatic N) is 4. The van der Waals surface area contributed by atoms with Crippen LogP contribution in [0.1, 0.15) is 65.1 Å². The van der Waals surface area contributed by atoms with Crippen LogP contribution in [0.3, 0.4) is 0 Å². The number of rotatable bonds is 4. The number of amides is 1. The molecule has 1 saturated heterocycles. The zero-order valence-electron chi connectivity index (χ0n) is 15.7. The van der Waals surface area contributed by atoms with E-state index in [1.54, 1.807) is 4.90 Å². The number of hydrogen-bond donors (Lipinski definition) is 0. The van der Waals surface area contributed by atoms with Crippen LogP contribution in [0.25, 0.3) is 0 Å². The second-order valence-electron chi connectivity index (χ2n) is 7.82.